The molecule has 2 aliphatic heterocycles. The Morgan fingerprint density at radius 2 is 2.17 bits per heavy atom. The number of fused-ring (bicyclic) bond motifs is 2. The second-order valence-corrected chi connectivity index (χ2v) is 7.49. The van der Waals surface area contributed by atoms with Crippen molar-refractivity contribution in [2.45, 2.75) is 31.3 Å². The second-order valence-electron chi connectivity index (χ2n) is 6.54. The van der Waals surface area contributed by atoms with E-state index in [0.717, 1.165) is 17.7 Å². The highest BCUT2D eigenvalue weighted by molar-refractivity contribution is 7.13. The summed E-state index contributed by atoms with van der Waals surface area (Å²) in [6.45, 7) is 1.40. The number of thiophene rings is 1. The number of amides is 1. The first-order valence-corrected chi connectivity index (χ1v) is 9.16. The van der Waals surface area contributed by atoms with E-state index < -0.39 is 0 Å². The fourth-order valence-corrected chi connectivity index (χ4v) is 4.43. The molecule has 0 aliphatic carbocycles. The first kappa shape index (κ1) is 15.5. The van der Waals surface area contributed by atoms with Crippen LogP contribution in [0.1, 0.15) is 29.6 Å². The van der Waals surface area contributed by atoms with Crippen LogP contribution < -0.4 is 5.56 Å². The summed E-state index contributed by atoms with van der Waals surface area (Å²) < 4.78 is 0. The molecule has 4 rings (SSSR count). The highest BCUT2D eigenvalue weighted by Gasteiger charge is 2.36. The molecule has 4 heterocycles. The monoisotopic (exact) mass is 344 g/mol. The fourth-order valence-electron chi connectivity index (χ4n) is 3.75. The molecule has 7 heteroatoms. The summed E-state index contributed by atoms with van der Waals surface area (Å²) in [4.78, 5) is 37.3. The Morgan fingerprint density at radius 1 is 1.33 bits per heavy atom. The van der Waals surface area contributed by atoms with Crippen molar-refractivity contribution < 1.29 is 4.79 Å². The number of nitrogens with one attached hydrogen (secondary N) is 1. The molecule has 2 atom stereocenters. The number of nitrogens with zero attached hydrogens (tertiary/aromatic N) is 3. The normalized spacial score (nSPS) is 24.1. The van der Waals surface area contributed by atoms with Crippen LogP contribution in [0.5, 0.6) is 0 Å². The third-order valence-electron chi connectivity index (χ3n) is 5.22. The first-order chi connectivity index (χ1) is 11.6. The standard InChI is InChI=1S/C17H20N4O2S/c1-20-11-4-5-12(20)10-21(7-6-11)17(23)13-9-18-15(19-16(13)22)14-3-2-8-24-14/h2-3,8-9,11-12H,4-7,10H2,1H3,(H,18,19,22)/t11-,12+/m0/s1. The van der Waals surface area contributed by atoms with Crippen LogP contribution in [0, 0.1) is 0 Å². The Hall–Kier alpha value is -1.99. The van der Waals surface area contributed by atoms with Crippen molar-refractivity contribution >= 4 is 17.2 Å². The Kier molecular flexibility index (Phi) is 3.97. The number of likely N-dealkylation sites (tertiary alicyclic amines) is 1. The Bertz CT molecular complexity index is 801. The highest BCUT2D eigenvalue weighted by atomic mass is 32.1. The third kappa shape index (κ3) is 2.67. The lowest BCUT2D eigenvalue weighted by atomic mass is 10.1. The van der Waals surface area contributed by atoms with Crippen LogP contribution in [-0.4, -0.2) is 57.9 Å². The highest BCUT2D eigenvalue weighted by Crippen LogP contribution is 2.28. The van der Waals surface area contributed by atoms with Crippen molar-refractivity contribution in [1.29, 1.82) is 0 Å². The van der Waals surface area contributed by atoms with Crippen LogP contribution in [-0.2, 0) is 0 Å². The molecule has 1 amide bonds. The molecule has 2 fully saturated rings. The Balaban J connectivity index is 1.57. The molecule has 0 unspecified atom stereocenters. The molecule has 0 radical (unpaired) electrons. The van der Waals surface area contributed by atoms with Gasteiger partial charge in [0.05, 0.1) is 4.88 Å². The van der Waals surface area contributed by atoms with E-state index >= 15 is 0 Å². The average Bonchev–Trinajstić information content (AvgIpc) is 3.16. The maximum absolute atomic E-state index is 12.8. The number of carbonyl (C=O) groups is 1. The zero-order chi connectivity index (χ0) is 16.7. The number of hydrogen-bond acceptors (Lipinski definition) is 5. The number of hydrogen-bond donors (Lipinski definition) is 1. The molecule has 2 aromatic rings. The molecule has 24 heavy (non-hydrogen) atoms. The second kappa shape index (κ2) is 6.14. The number of aromatic nitrogens is 2. The zero-order valence-corrected chi connectivity index (χ0v) is 14.4. The largest absolute Gasteiger partial charge is 0.337 e. The van der Waals surface area contributed by atoms with E-state index in [1.54, 1.807) is 0 Å². The van der Waals surface area contributed by atoms with E-state index in [0.29, 0.717) is 31.0 Å². The van der Waals surface area contributed by atoms with Gasteiger partial charge in [0.25, 0.3) is 11.5 Å². The van der Waals surface area contributed by atoms with Crippen molar-refractivity contribution in [2.75, 3.05) is 20.1 Å². The van der Waals surface area contributed by atoms with Gasteiger partial charge in [-0.05, 0) is 37.8 Å². The molecule has 2 bridgehead atoms. The summed E-state index contributed by atoms with van der Waals surface area (Å²) in [6, 6.07) is 4.76. The number of carbonyl (C=O) groups excluding carboxylic acids is 1. The lowest BCUT2D eigenvalue weighted by Gasteiger charge is -2.25. The zero-order valence-electron chi connectivity index (χ0n) is 13.6. The van der Waals surface area contributed by atoms with Crippen molar-refractivity contribution in [3.63, 3.8) is 0 Å². The molecule has 1 N–H and O–H groups in total. The van der Waals surface area contributed by atoms with Gasteiger partial charge >= 0.3 is 0 Å². The molecule has 126 valence electrons. The Labute approximate surface area is 144 Å². The SMILES string of the molecule is CN1[C@H]2CC[C@@H]1CN(C(=O)c1cnc(-c3cccs3)[nH]c1=O)CC2. The smallest absolute Gasteiger partial charge is 0.264 e. The molecule has 2 aliphatic rings. The first-order valence-electron chi connectivity index (χ1n) is 8.28. The summed E-state index contributed by atoms with van der Waals surface area (Å²) in [5, 5.41) is 1.93. The number of likely N-dealkylation sites (N-methyl/N-ethyl adjacent to an activating group) is 1. The van der Waals surface area contributed by atoms with Gasteiger partial charge in [0, 0.05) is 31.4 Å². The van der Waals surface area contributed by atoms with E-state index in [-0.39, 0.29) is 17.0 Å². The minimum Gasteiger partial charge on any atom is -0.337 e. The molecular weight excluding hydrogens is 324 g/mol. The van der Waals surface area contributed by atoms with Crippen LogP contribution >= 0.6 is 11.3 Å². The molecule has 0 spiro atoms. The van der Waals surface area contributed by atoms with Gasteiger partial charge < -0.3 is 9.88 Å². The quantitative estimate of drug-likeness (QED) is 0.902. The van der Waals surface area contributed by atoms with E-state index in [9.17, 15) is 9.59 Å². The van der Waals surface area contributed by atoms with Gasteiger partial charge in [-0.25, -0.2) is 4.98 Å². The lowest BCUT2D eigenvalue weighted by Crippen LogP contribution is -2.41. The number of rotatable bonds is 2. The predicted molar refractivity (Wildman–Crippen MR) is 93.3 cm³/mol. The van der Waals surface area contributed by atoms with E-state index in [4.69, 9.17) is 0 Å². The van der Waals surface area contributed by atoms with Gasteiger partial charge in [-0.2, -0.15) is 0 Å². The molecule has 0 saturated carbocycles. The van der Waals surface area contributed by atoms with Crippen molar-refractivity contribution in [1.82, 2.24) is 19.8 Å². The van der Waals surface area contributed by atoms with Crippen LogP contribution in [0.2, 0.25) is 0 Å². The van der Waals surface area contributed by atoms with Crippen molar-refractivity contribution in [2.24, 2.45) is 0 Å². The van der Waals surface area contributed by atoms with E-state index in [2.05, 4.69) is 21.9 Å². The predicted octanol–water partition coefficient (Wildman–Crippen LogP) is 1.81. The van der Waals surface area contributed by atoms with Crippen molar-refractivity contribution in [3.8, 4) is 10.7 Å². The van der Waals surface area contributed by atoms with Crippen LogP contribution in [0.3, 0.4) is 0 Å². The van der Waals surface area contributed by atoms with E-state index in [1.807, 2.05) is 22.4 Å². The van der Waals surface area contributed by atoms with Gasteiger partial charge in [-0.15, -0.1) is 11.3 Å². The molecule has 2 saturated heterocycles. The summed E-state index contributed by atoms with van der Waals surface area (Å²) >= 11 is 1.50. The maximum Gasteiger partial charge on any atom is 0.264 e. The molecule has 0 aromatic carbocycles. The third-order valence-corrected chi connectivity index (χ3v) is 6.10. The van der Waals surface area contributed by atoms with Gasteiger partial charge in [-0.3, -0.25) is 14.5 Å². The molecule has 2 aromatic heterocycles. The van der Waals surface area contributed by atoms with Crippen LogP contribution in [0.4, 0.5) is 0 Å². The fraction of sp³-hybridized carbons (Fsp3) is 0.471. The van der Waals surface area contributed by atoms with Gasteiger partial charge in [0.2, 0.25) is 0 Å². The van der Waals surface area contributed by atoms with Gasteiger partial charge in [-0.1, -0.05) is 6.07 Å². The van der Waals surface area contributed by atoms with Gasteiger partial charge in [0.1, 0.15) is 11.4 Å². The van der Waals surface area contributed by atoms with Crippen LogP contribution in [0.25, 0.3) is 10.7 Å². The summed E-state index contributed by atoms with van der Waals surface area (Å²) in [5.41, 5.74) is -0.225. The molecular formula is C17H20N4O2S. The Morgan fingerprint density at radius 3 is 2.92 bits per heavy atom. The van der Waals surface area contributed by atoms with Crippen LogP contribution in [0.15, 0.2) is 28.5 Å². The number of aromatic amines is 1. The van der Waals surface area contributed by atoms with Gasteiger partial charge in [0.15, 0.2) is 0 Å². The molecule has 6 nitrogen and oxygen atoms in total. The number of H-pyrrole nitrogens is 1. The summed E-state index contributed by atoms with van der Waals surface area (Å²) in [5.74, 6) is 0.309. The minimum atomic E-state index is -0.360. The summed E-state index contributed by atoms with van der Waals surface area (Å²) in [6.07, 6.45) is 4.72. The minimum absolute atomic E-state index is 0.135. The topological polar surface area (TPSA) is 69.3 Å². The van der Waals surface area contributed by atoms with E-state index in [1.165, 1.54) is 24.0 Å². The maximum atomic E-state index is 12.8. The lowest BCUT2D eigenvalue weighted by molar-refractivity contribution is 0.0738. The summed E-state index contributed by atoms with van der Waals surface area (Å²) in [7, 11) is 2.14. The average molecular weight is 344 g/mol. The van der Waals surface area contributed by atoms with Crippen molar-refractivity contribution in [3.05, 3.63) is 39.6 Å².